The van der Waals surface area contributed by atoms with Crippen LogP contribution in [0.3, 0.4) is 0 Å². The van der Waals surface area contributed by atoms with Gasteiger partial charge in [-0.1, -0.05) is 17.1 Å². The zero-order chi connectivity index (χ0) is 18.7. The lowest BCUT2D eigenvalue weighted by Crippen LogP contribution is -2.23. The molecular formula is C18H12F3N3O2. The lowest BCUT2D eigenvalue weighted by Gasteiger charge is -2.07. The SMILES string of the molecule is CCn1nnc2ccc(C#Cc3ccc(OC(F)(F)F)cc3)cc2c1=O. The number of aromatic nitrogens is 3. The Morgan fingerprint density at radius 3 is 2.38 bits per heavy atom. The van der Waals surface area contributed by atoms with Crippen molar-refractivity contribution >= 4 is 10.9 Å². The van der Waals surface area contributed by atoms with E-state index in [-0.39, 0.29) is 11.3 Å². The fourth-order valence-electron chi connectivity index (χ4n) is 2.25. The van der Waals surface area contributed by atoms with Crippen LogP contribution in [0.15, 0.2) is 47.3 Å². The van der Waals surface area contributed by atoms with Gasteiger partial charge >= 0.3 is 6.36 Å². The highest BCUT2D eigenvalue weighted by Crippen LogP contribution is 2.22. The molecule has 0 fully saturated rings. The third-order valence-electron chi connectivity index (χ3n) is 3.46. The van der Waals surface area contributed by atoms with E-state index in [1.165, 1.54) is 28.9 Å². The van der Waals surface area contributed by atoms with Crippen LogP contribution in [-0.2, 0) is 6.54 Å². The summed E-state index contributed by atoms with van der Waals surface area (Å²) in [5.74, 6) is 5.40. The molecule has 8 heteroatoms. The second-order valence-corrected chi connectivity index (χ2v) is 5.26. The van der Waals surface area contributed by atoms with Gasteiger partial charge in [-0.3, -0.25) is 4.79 Å². The molecule has 0 amide bonds. The first-order valence-electron chi connectivity index (χ1n) is 7.61. The van der Waals surface area contributed by atoms with Crippen LogP contribution in [-0.4, -0.2) is 21.4 Å². The smallest absolute Gasteiger partial charge is 0.406 e. The molecule has 0 N–H and O–H groups in total. The Labute approximate surface area is 146 Å². The van der Waals surface area contributed by atoms with E-state index in [4.69, 9.17) is 0 Å². The minimum absolute atomic E-state index is 0.255. The van der Waals surface area contributed by atoms with E-state index >= 15 is 0 Å². The van der Waals surface area contributed by atoms with Gasteiger partial charge in [-0.15, -0.1) is 18.3 Å². The molecule has 2 aromatic carbocycles. The van der Waals surface area contributed by atoms with Crippen molar-refractivity contribution in [1.82, 2.24) is 15.0 Å². The maximum Gasteiger partial charge on any atom is 0.573 e. The number of benzene rings is 2. The van der Waals surface area contributed by atoms with Crippen molar-refractivity contribution in [2.75, 3.05) is 0 Å². The molecule has 0 aliphatic heterocycles. The van der Waals surface area contributed by atoms with Gasteiger partial charge in [-0.25, -0.2) is 4.68 Å². The Balaban J connectivity index is 1.88. The quantitative estimate of drug-likeness (QED) is 0.660. The number of hydrogen-bond donors (Lipinski definition) is 0. The average molecular weight is 359 g/mol. The maximum atomic E-state index is 12.2. The van der Waals surface area contributed by atoms with Gasteiger partial charge in [-0.05, 0) is 49.4 Å². The average Bonchev–Trinajstić information content (AvgIpc) is 2.60. The summed E-state index contributed by atoms with van der Waals surface area (Å²) in [4.78, 5) is 12.2. The number of nitrogens with zero attached hydrogens (tertiary/aromatic N) is 3. The van der Waals surface area contributed by atoms with E-state index in [2.05, 4.69) is 26.9 Å². The Morgan fingerprint density at radius 1 is 1.08 bits per heavy atom. The molecule has 26 heavy (non-hydrogen) atoms. The topological polar surface area (TPSA) is 57.0 Å². The molecule has 3 aromatic rings. The highest BCUT2D eigenvalue weighted by molar-refractivity contribution is 5.78. The Morgan fingerprint density at radius 2 is 1.73 bits per heavy atom. The largest absolute Gasteiger partial charge is 0.573 e. The van der Waals surface area contributed by atoms with Crippen molar-refractivity contribution in [1.29, 1.82) is 0 Å². The van der Waals surface area contributed by atoms with Gasteiger partial charge in [0.25, 0.3) is 5.56 Å². The molecule has 0 unspecified atom stereocenters. The molecule has 0 radical (unpaired) electrons. The molecule has 1 heterocycles. The van der Waals surface area contributed by atoms with Gasteiger partial charge in [0.05, 0.1) is 5.39 Å². The lowest BCUT2D eigenvalue weighted by molar-refractivity contribution is -0.274. The fraction of sp³-hybridized carbons (Fsp3) is 0.167. The molecule has 0 aliphatic carbocycles. The van der Waals surface area contributed by atoms with Crippen LogP contribution in [0.2, 0.25) is 0 Å². The van der Waals surface area contributed by atoms with Gasteiger partial charge in [0.15, 0.2) is 0 Å². The number of hydrogen-bond acceptors (Lipinski definition) is 4. The van der Waals surface area contributed by atoms with Crippen LogP contribution < -0.4 is 10.3 Å². The van der Waals surface area contributed by atoms with Crippen molar-refractivity contribution in [3.63, 3.8) is 0 Å². The summed E-state index contributed by atoms with van der Waals surface area (Å²) < 4.78 is 41.5. The summed E-state index contributed by atoms with van der Waals surface area (Å²) in [5, 5.41) is 8.18. The van der Waals surface area contributed by atoms with Crippen LogP contribution in [0.4, 0.5) is 13.2 Å². The molecular weight excluding hydrogens is 347 g/mol. The standard InChI is InChI=1S/C18H12F3N3O2/c1-2-24-17(25)15-11-13(7-10-16(15)22-23-24)4-3-12-5-8-14(9-6-12)26-18(19,20)21/h5-11H,2H2,1H3. The Kier molecular flexibility index (Phi) is 4.63. The van der Waals surface area contributed by atoms with E-state index < -0.39 is 6.36 Å². The van der Waals surface area contributed by atoms with Crippen molar-refractivity contribution in [3.05, 3.63) is 63.9 Å². The summed E-state index contributed by atoms with van der Waals surface area (Å²) in [5.41, 5.74) is 1.31. The summed E-state index contributed by atoms with van der Waals surface area (Å²) in [6.45, 7) is 2.20. The van der Waals surface area contributed by atoms with Gasteiger partial charge in [0.2, 0.25) is 0 Å². The van der Waals surface area contributed by atoms with E-state index in [9.17, 15) is 18.0 Å². The number of alkyl halides is 3. The predicted octanol–water partition coefficient (Wildman–Crippen LogP) is 3.11. The van der Waals surface area contributed by atoms with Crippen LogP contribution >= 0.6 is 0 Å². The minimum Gasteiger partial charge on any atom is -0.406 e. The van der Waals surface area contributed by atoms with Crippen molar-refractivity contribution in [2.45, 2.75) is 19.8 Å². The van der Waals surface area contributed by atoms with Gasteiger partial charge in [0.1, 0.15) is 11.3 Å². The van der Waals surface area contributed by atoms with E-state index in [1.807, 2.05) is 0 Å². The van der Waals surface area contributed by atoms with E-state index in [1.54, 1.807) is 25.1 Å². The Bertz CT molecular complexity index is 1060. The number of aryl methyl sites for hydroxylation is 1. The summed E-state index contributed by atoms with van der Waals surface area (Å²) in [6, 6.07) is 10.2. The molecule has 0 saturated carbocycles. The molecule has 1 aromatic heterocycles. The number of rotatable bonds is 2. The molecule has 0 bridgehead atoms. The molecule has 0 atom stereocenters. The fourth-order valence-corrected chi connectivity index (χ4v) is 2.25. The zero-order valence-corrected chi connectivity index (χ0v) is 13.5. The van der Waals surface area contributed by atoms with Gasteiger partial charge in [-0.2, -0.15) is 0 Å². The van der Waals surface area contributed by atoms with Crippen LogP contribution in [0, 0.1) is 11.8 Å². The normalized spacial score (nSPS) is 11.1. The highest BCUT2D eigenvalue weighted by atomic mass is 19.4. The molecule has 132 valence electrons. The van der Waals surface area contributed by atoms with Crippen molar-refractivity contribution < 1.29 is 17.9 Å². The first kappa shape index (κ1) is 17.5. The second kappa shape index (κ2) is 6.88. The number of ether oxygens (including phenoxy) is 1. The van der Waals surface area contributed by atoms with Crippen molar-refractivity contribution in [2.24, 2.45) is 0 Å². The number of fused-ring (bicyclic) bond motifs is 1. The molecule has 3 rings (SSSR count). The zero-order valence-electron chi connectivity index (χ0n) is 13.5. The molecule has 5 nitrogen and oxygen atoms in total. The maximum absolute atomic E-state index is 12.2. The Hall–Kier alpha value is -3.34. The van der Waals surface area contributed by atoms with Crippen LogP contribution in [0.5, 0.6) is 5.75 Å². The lowest BCUT2D eigenvalue weighted by atomic mass is 10.1. The molecule has 0 spiro atoms. The molecule has 0 aliphatic rings. The first-order valence-corrected chi connectivity index (χ1v) is 7.61. The predicted molar refractivity (Wildman–Crippen MR) is 88.6 cm³/mol. The second-order valence-electron chi connectivity index (χ2n) is 5.26. The van der Waals surface area contributed by atoms with Crippen molar-refractivity contribution in [3.8, 4) is 17.6 Å². The van der Waals surface area contributed by atoms with Gasteiger partial charge in [0, 0.05) is 17.7 Å². The van der Waals surface area contributed by atoms with Crippen LogP contribution in [0.25, 0.3) is 10.9 Å². The summed E-state index contributed by atoms with van der Waals surface area (Å²) in [6.07, 6.45) is -4.73. The first-order chi connectivity index (χ1) is 12.4. The van der Waals surface area contributed by atoms with Crippen LogP contribution in [0.1, 0.15) is 18.1 Å². The van der Waals surface area contributed by atoms with E-state index in [0.29, 0.717) is 28.6 Å². The minimum atomic E-state index is -4.73. The number of halogens is 3. The summed E-state index contributed by atoms with van der Waals surface area (Å²) in [7, 11) is 0. The van der Waals surface area contributed by atoms with Gasteiger partial charge < -0.3 is 4.74 Å². The monoisotopic (exact) mass is 359 g/mol. The highest BCUT2D eigenvalue weighted by Gasteiger charge is 2.30. The summed E-state index contributed by atoms with van der Waals surface area (Å²) >= 11 is 0. The molecule has 0 saturated heterocycles. The third-order valence-corrected chi connectivity index (χ3v) is 3.46. The van der Waals surface area contributed by atoms with E-state index in [0.717, 1.165) is 0 Å². The third kappa shape index (κ3) is 4.00.